The van der Waals surface area contributed by atoms with Crippen molar-refractivity contribution in [3.05, 3.63) is 65.5 Å². The zero-order chi connectivity index (χ0) is 17.9. The van der Waals surface area contributed by atoms with Gasteiger partial charge in [0.25, 0.3) is 0 Å². The minimum absolute atomic E-state index is 0. The molecule has 0 aliphatic carbocycles. The van der Waals surface area contributed by atoms with Gasteiger partial charge in [-0.15, -0.1) is 24.0 Å². The Morgan fingerprint density at radius 2 is 1.88 bits per heavy atom. The normalized spacial score (nSPS) is 11.3. The number of rotatable bonds is 9. The molecule has 0 fully saturated rings. The first-order valence-electron chi connectivity index (χ1n) is 8.95. The number of halogens is 1. The molecule has 0 saturated heterocycles. The molecule has 0 amide bonds. The van der Waals surface area contributed by atoms with Gasteiger partial charge in [-0.25, -0.2) is 4.99 Å². The monoisotopic (exact) mass is 467 g/mol. The zero-order valence-corrected chi connectivity index (χ0v) is 18.0. The molecule has 1 aromatic heterocycles. The lowest BCUT2D eigenvalue weighted by atomic mass is 10.1. The Labute approximate surface area is 174 Å². The Bertz CT molecular complexity index is 656. The molecule has 0 bridgehead atoms. The average Bonchev–Trinajstić information content (AvgIpc) is 2.65. The van der Waals surface area contributed by atoms with Crippen molar-refractivity contribution in [3.8, 4) is 0 Å². The van der Waals surface area contributed by atoms with Crippen LogP contribution in [-0.4, -0.2) is 35.5 Å². The lowest BCUT2D eigenvalue weighted by molar-refractivity contribution is 0.296. The zero-order valence-electron chi connectivity index (χ0n) is 15.7. The number of guanidine groups is 1. The Kier molecular flexibility index (Phi) is 10.9. The van der Waals surface area contributed by atoms with Crippen molar-refractivity contribution < 1.29 is 0 Å². The fourth-order valence-electron chi connectivity index (χ4n) is 2.63. The second kappa shape index (κ2) is 12.6. The fourth-order valence-corrected chi connectivity index (χ4v) is 2.63. The molecule has 26 heavy (non-hydrogen) atoms. The fraction of sp³-hybridized carbons (Fsp3) is 0.400. The van der Waals surface area contributed by atoms with Crippen LogP contribution in [0.25, 0.3) is 0 Å². The first-order chi connectivity index (χ1) is 12.2. The van der Waals surface area contributed by atoms with E-state index in [9.17, 15) is 0 Å². The summed E-state index contributed by atoms with van der Waals surface area (Å²) >= 11 is 0. The quantitative estimate of drug-likeness (QED) is 0.338. The molecule has 2 rings (SSSR count). The highest BCUT2D eigenvalue weighted by molar-refractivity contribution is 14.0. The summed E-state index contributed by atoms with van der Waals surface area (Å²) in [6.07, 6.45) is 2.63. The third kappa shape index (κ3) is 8.14. The maximum Gasteiger partial charge on any atom is 0.188 e. The van der Waals surface area contributed by atoms with Gasteiger partial charge in [-0.05, 0) is 36.3 Å². The van der Waals surface area contributed by atoms with Crippen LogP contribution in [0.3, 0.4) is 0 Å². The molecule has 0 saturated carbocycles. The number of nitrogens with one attached hydrogen (secondary N) is 1. The predicted octanol–water partition coefficient (Wildman–Crippen LogP) is 3.19. The topological polar surface area (TPSA) is 66.5 Å². The minimum Gasteiger partial charge on any atom is -0.370 e. The standard InChI is InChI=1S/C20H29N5.HI/c1-3-25(4-2)16-18-9-7-8-17(14-18)15-24-20(21)23-13-11-19-10-5-6-12-22-19;/h5-10,12,14H,3-4,11,13,15-16H2,1-2H3,(H3,21,23,24);1H. The Morgan fingerprint density at radius 3 is 2.58 bits per heavy atom. The summed E-state index contributed by atoms with van der Waals surface area (Å²) in [4.78, 5) is 11.1. The highest BCUT2D eigenvalue weighted by atomic mass is 127. The number of pyridine rings is 1. The molecule has 0 spiro atoms. The van der Waals surface area contributed by atoms with Crippen LogP contribution in [0.5, 0.6) is 0 Å². The van der Waals surface area contributed by atoms with Gasteiger partial charge in [0.1, 0.15) is 0 Å². The smallest absolute Gasteiger partial charge is 0.188 e. The largest absolute Gasteiger partial charge is 0.370 e. The summed E-state index contributed by atoms with van der Waals surface area (Å²) in [5.41, 5.74) is 9.50. The average molecular weight is 467 g/mol. The summed E-state index contributed by atoms with van der Waals surface area (Å²) in [5, 5.41) is 3.15. The maximum atomic E-state index is 5.96. The molecule has 0 unspecified atom stereocenters. The molecule has 3 N–H and O–H groups in total. The van der Waals surface area contributed by atoms with Crippen molar-refractivity contribution >= 4 is 29.9 Å². The van der Waals surface area contributed by atoms with E-state index in [-0.39, 0.29) is 24.0 Å². The summed E-state index contributed by atoms with van der Waals surface area (Å²) in [6, 6.07) is 14.5. The van der Waals surface area contributed by atoms with Crippen molar-refractivity contribution in [1.82, 2.24) is 15.2 Å². The van der Waals surface area contributed by atoms with Crippen LogP contribution in [0.1, 0.15) is 30.7 Å². The number of nitrogens with zero attached hydrogens (tertiary/aromatic N) is 3. The van der Waals surface area contributed by atoms with Gasteiger partial charge in [-0.2, -0.15) is 0 Å². The molecule has 5 nitrogen and oxygen atoms in total. The van der Waals surface area contributed by atoms with Crippen LogP contribution >= 0.6 is 24.0 Å². The van der Waals surface area contributed by atoms with E-state index in [0.29, 0.717) is 12.5 Å². The number of hydrogen-bond acceptors (Lipinski definition) is 3. The van der Waals surface area contributed by atoms with E-state index in [1.54, 1.807) is 6.20 Å². The maximum absolute atomic E-state index is 5.96. The van der Waals surface area contributed by atoms with E-state index >= 15 is 0 Å². The SMILES string of the molecule is CCN(CC)Cc1cccc(CN=C(N)NCCc2ccccn2)c1.I. The molecule has 0 atom stereocenters. The van der Waals surface area contributed by atoms with Gasteiger partial charge in [-0.3, -0.25) is 9.88 Å². The first-order valence-corrected chi connectivity index (χ1v) is 8.95. The lowest BCUT2D eigenvalue weighted by Crippen LogP contribution is -2.33. The molecule has 1 heterocycles. The van der Waals surface area contributed by atoms with Crippen molar-refractivity contribution in [1.29, 1.82) is 0 Å². The molecule has 1 aromatic carbocycles. The van der Waals surface area contributed by atoms with E-state index in [1.165, 1.54) is 11.1 Å². The summed E-state index contributed by atoms with van der Waals surface area (Å²) in [5.74, 6) is 0.477. The summed E-state index contributed by atoms with van der Waals surface area (Å²) in [6.45, 7) is 8.80. The van der Waals surface area contributed by atoms with E-state index in [0.717, 1.165) is 38.3 Å². The third-order valence-electron chi connectivity index (χ3n) is 4.14. The predicted molar refractivity (Wildman–Crippen MR) is 120 cm³/mol. The highest BCUT2D eigenvalue weighted by Gasteiger charge is 2.02. The van der Waals surface area contributed by atoms with Crippen molar-refractivity contribution in [2.24, 2.45) is 10.7 Å². The van der Waals surface area contributed by atoms with Crippen LogP contribution in [0.4, 0.5) is 0 Å². The number of aromatic nitrogens is 1. The third-order valence-corrected chi connectivity index (χ3v) is 4.14. The molecule has 2 aromatic rings. The Morgan fingerprint density at radius 1 is 1.12 bits per heavy atom. The van der Waals surface area contributed by atoms with Crippen LogP contribution in [0.2, 0.25) is 0 Å². The van der Waals surface area contributed by atoms with Crippen LogP contribution in [0.15, 0.2) is 53.7 Å². The van der Waals surface area contributed by atoms with E-state index in [2.05, 4.69) is 58.3 Å². The van der Waals surface area contributed by atoms with E-state index < -0.39 is 0 Å². The molecule has 6 heteroatoms. The number of hydrogen-bond donors (Lipinski definition) is 2. The lowest BCUT2D eigenvalue weighted by Gasteiger charge is -2.18. The minimum atomic E-state index is 0. The van der Waals surface area contributed by atoms with Gasteiger partial charge >= 0.3 is 0 Å². The van der Waals surface area contributed by atoms with Crippen LogP contribution in [0, 0.1) is 0 Å². The van der Waals surface area contributed by atoms with Gasteiger partial charge in [0, 0.05) is 31.4 Å². The van der Waals surface area contributed by atoms with Gasteiger partial charge in [0.15, 0.2) is 5.96 Å². The van der Waals surface area contributed by atoms with Crippen molar-refractivity contribution in [2.75, 3.05) is 19.6 Å². The molecular weight excluding hydrogens is 437 g/mol. The summed E-state index contributed by atoms with van der Waals surface area (Å²) < 4.78 is 0. The van der Waals surface area contributed by atoms with Crippen LogP contribution < -0.4 is 11.1 Å². The highest BCUT2D eigenvalue weighted by Crippen LogP contribution is 2.09. The van der Waals surface area contributed by atoms with Gasteiger partial charge in [0.2, 0.25) is 0 Å². The molecule has 142 valence electrons. The number of benzene rings is 1. The second-order valence-corrected chi connectivity index (χ2v) is 5.98. The summed E-state index contributed by atoms with van der Waals surface area (Å²) in [7, 11) is 0. The Balaban J connectivity index is 0.00000338. The van der Waals surface area contributed by atoms with Crippen molar-refractivity contribution in [3.63, 3.8) is 0 Å². The first kappa shape index (κ1) is 22.4. The number of nitrogens with two attached hydrogens (primary N) is 1. The van der Waals surface area contributed by atoms with Crippen molar-refractivity contribution in [2.45, 2.75) is 33.4 Å². The molecule has 0 aliphatic rings. The Hall–Kier alpha value is -1.67. The van der Waals surface area contributed by atoms with Crippen LogP contribution in [-0.2, 0) is 19.5 Å². The van der Waals surface area contributed by atoms with Gasteiger partial charge in [-0.1, -0.05) is 44.2 Å². The molecule has 0 aliphatic heterocycles. The van der Waals surface area contributed by atoms with E-state index in [1.807, 2.05) is 18.2 Å². The second-order valence-electron chi connectivity index (χ2n) is 5.98. The van der Waals surface area contributed by atoms with Gasteiger partial charge < -0.3 is 11.1 Å². The van der Waals surface area contributed by atoms with E-state index in [4.69, 9.17) is 5.73 Å². The van der Waals surface area contributed by atoms with Gasteiger partial charge in [0.05, 0.1) is 6.54 Å². The molecule has 0 radical (unpaired) electrons. The molecular formula is C20H30IN5. The number of aliphatic imine (C=N–C) groups is 1.